The van der Waals surface area contributed by atoms with Gasteiger partial charge in [0.2, 0.25) is 11.7 Å². The van der Waals surface area contributed by atoms with Crippen LogP contribution >= 0.6 is 0 Å². The highest BCUT2D eigenvalue weighted by Gasteiger charge is 2.29. The molecule has 0 spiro atoms. The quantitative estimate of drug-likeness (QED) is 0.464. The highest BCUT2D eigenvalue weighted by Crippen LogP contribution is 2.28. The Morgan fingerprint density at radius 2 is 1.95 bits per heavy atom. The minimum atomic E-state index is -0.992. The molecule has 2 N–H and O–H groups in total. The van der Waals surface area contributed by atoms with E-state index in [0.29, 0.717) is 0 Å². The van der Waals surface area contributed by atoms with E-state index in [0.717, 1.165) is 25.0 Å². The summed E-state index contributed by atoms with van der Waals surface area (Å²) in [6, 6.07) is 2.93. The Hall–Kier alpha value is -2.51. The lowest BCUT2D eigenvalue weighted by molar-refractivity contribution is -0.387. The van der Waals surface area contributed by atoms with Crippen molar-refractivity contribution in [3.05, 3.63) is 39.7 Å². The van der Waals surface area contributed by atoms with Gasteiger partial charge >= 0.3 is 5.69 Å². The molecule has 0 unspecified atom stereocenters. The van der Waals surface area contributed by atoms with Gasteiger partial charge in [-0.15, -0.1) is 0 Å². The number of carbonyl (C=O) groups is 2. The number of nitrogens with one attached hydrogen (secondary N) is 2. The number of benzene rings is 1. The molecule has 0 saturated heterocycles. The van der Waals surface area contributed by atoms with Crippen molar-refractivity contribution in [3.63, 3.8) is 0 Å². The molecule has 0 radical (unpaired) electrons. The van der Waals surface area contributed by atoms with Gasteiger partial charge in [-0.2, -0.15) is 4.39 Å². The molecule has 1 aliphatic carbocycles. The van der Waals surface area contributed by atoms with Crippen LogP contribution in [0.2, 0.25) is 0 Å². The summed E-state index contributed by atoms with van der Waals surface area (Å²) in [5.74, 6) is -1.48. The van der Waals surface area contributed by atoms with E-state index < -0.39 is 22.3 Å². The van der Waals surface area contributed by atoms with Crippen molar-refractivity contribution in [1.82, 2.24) is 10.6 Å². The monoisotopic (exact) mass is 295 g/mol. The Bertz CT molecular complexity index is 587. The predicted molar refractivity (Wildman–Crippen MR) is 71.1 cm³/mol. The van der Waals surface area contributed by atoms with Crippen molar-refractivity contribution >= 4 is 17.5 Å². The minimum absolute atomic E-state index is 0.00313. The summed E-state index contributed by atoms with van der Waals surface area (Å²) < 4.78 is 13.1. The molecule has 1 aromatic rings. The topological polar surface area (TPSA) is 101 Å². The largest absolute Gasteiger partial charge is 0.354 e. The van der Waals surface area contributed by atoms with Crippen LogP contribution in [0, 0.1) is 21.8 Å². The first-order valence-electron chi connectivity index (χ1n) is 6.49. The van der Waals surface area contributed by atoms with E-state index in [1.807, 2.05) is 0 Å². The first-order valence-corrected chi connectivity index (χ1v) is 6.49. The van der Waals surface area contributed by atoms with Gasteiger partial charge in [0.1, 0.15) is 0 Å². The van der Waals surface area contributed by atoms with Crippen LogP contribution in [-0.4, -0.2) is 29.8 Å². The number of rotatable bonds is 6. The van der Waals surface area contributed by atoms with Gasteiger partial charge in [0, 0.05) is 30.6 Å². The number of hydrogen-bond donors (Lipinski definition) is 2. The van der Waals surface area contributed by atoms with E-state index in [1.54, 1.807) is 0 Å². The van der Waals surface area contributed by atoms with Crippen molar-refractivity contribution < 1.29 is 18.9 Å². The molecule has 0 heterocycles. The molecule has 7 nitrogen and oxygen atoms in total. The lowest BCUT2D eigenvalue weighted by Gasteiger charge is -2.06. The molecule has 2 rings (SSSR count). The van der Waals surface area contributed by atoms with Gasteiger partial charge in [0.15, 0.2) is 0 Å². The molecule has 1 fully saturated rings. The second-order valence-corrected chi connectivity index (χ2v) is 4.74. The number of nitro benzene ring substituents is 1. The van der Waals surface area contributed by atoms with Crippen LogP contribution in [0.5, 0.6) is 0 Å². The summed E-state index contributed by atoms with van der Waals surface area (Å²) in [5, 5.41) is 15.8. The van der Waals surface area contributed by atoms with E-state index >= 15 is 0 Å². The first kappa shape index (κ1) is 14.9. The number of amides is 2. The van der Waals surface area contributed by atoms with Crippen LogP contribution in [0.15, 0.2) is 18.2 Å². The van der Waals surface area contributed by atoms with E-state index in [9.17, 15) is 24.1 Å². The summed E-state index contributed by atoms with van der Waals surface area (Å²) in [6.45, 7) is 0.479. The van der Waals surface area contributed by atoms with Gasteiger partial charge in [-0.1, -0.05) is 0 Å². The van der Waals surface area contributed by atoms with E-state index in [1.165, 1.54) is 6.07 Å². The summed E-state index contributed by atoms with van der Waals surface area (Å²) in [4.78, 5) is 32.8. The van der Waals surface area contributed by atoms with Crippen molar-refractivity contribution in [3.8, 4) is 0 Å². The van der Waals surface area contributed by atoms with Gasteiger partial charge in [-0.25, -0.2) is 0 Å². The zero-order valence-corrected chi connectivity index (χ0v) is 11.1. The fourth-order valence-electron chi connectivity index (χ4n) is 1.75. The fourth-order valence-corrected chi connectivity index (χ4v) is 1.75. The Morgan fingerprint density at radius 3 is 2.57 bits per heavy atom. The third kappa shape index (κ3) is 3.98. The van der Waals surface area contributed by atoms with E-state index in [4.69, 9.17) is 0 Å². The second kappa shape index (κ2) is 6.29. The summed E-state index contributed by atoms with van der Waals surface area (Å²) in [5.41, 5.74) is -0.749. The standard InChI is InChI=1S/C13H14FN3O4/c14-10-4-3-9(7-11(10)17(20)21)13(19)16-6-5-15-12(18)8-1-2-8/h3-4,7-8H,1-2,5-6H2,(H,15,18)(H,16,19). The molecule has 1 aromatic carbocycles. The number of nitro groups is 1. The van der Waals surface area contributed by atoms with Gasteiger partial charge < -0.3 is 10.6 Å². The summed E-state index contributed by atoms with van der Waals surface area (Å²) >= 11 is 0. The van der Waals surface area contributed by atoms with E-state index in [-0.39, 0.29) is 30.5 Å². The molecule has 0 aromatic heterocycles. The summed E-state index contributed by atoms with van der Waals surface area (Å²) in [7, 11) is 0. The lowest BCUT2D eigenvalue weighted by Crippen LogP contribution is -2.35. The molecule has 8 heteroatoms. The molecule has 0 aliphatic heterocycles. The van der Waals surface area contributed by atoms with Crippen LogP contribution in [0.25, 0.3) is 0 Å². The van der Waals surface area contributed by atoms with Crippen molar-refractivity contribution in [1.29, 1.82) is 0 Å². The number of hydrogen-bond acceptors (Lipinski definition) is 4. The maximum atomic E-state index is 13.1. The lowest BCUT2D eigenvalue weighted by atomic mass is 10.2. The van der Waals surface area contributed by atoms with Crippen LogP contribution in [0.3, 0.4) is 0 Å². The van der Waals surface area contributed by atoms with Crippen LogP contribution in [0.4, 0.5) is 10.1 Å². The molecule has 0 atom stereocenters. The first-order chi connectivity index (χ1) is 9.99. The predicted octanol–water partition coefficient (Wildman–Crippen LogP) is 0.990. The SMILES string of the molecule is O=C(NCCNC(=O)C1CC1)c1ccc(F)c([N+](=O)[O-])c1. The normalized spacial score (nSPS) is 13.6. The molecule has 112 valence electrons. The van der Waals surface area contributed by atoms with Crippen molar-refractivity contribution in [2.45, 2.75) is 12.8 Å². The number of nitrogens with zero attached hydrogens (tertiary/aromatic N) is 1. The third-order valence-electron chi connectivity index (χ3n) is 3.06. The van der Waals surface area contributed by atoms with Crippen molar-refractivity contribution in [2.75, 3.05) is 13.1 Å². The Morgan fingerprint density at radius 1 is 1.29 bits per heavy atom. The van der Waals surface area contributed by atoms with Gasteiger partial charge in [0.25, 0.3) is 5.91 Å². The molecule has 21 heavy (non-hydrogen) atoms. The summed E-state index contributed by atoms with van der Waals surface area (Å²) in [6.07, 6.45) is 1.80. The average Bonchev–Trinajstić information content (AvgIpc) is 3.27. The third-order valence-corrected chi connectivity index (χ3v) is 3.06. The maximum Gasteiger partial charge on any atom is 0.305 e. The van der Waals surface area contributed by atoms with Gasteiger partial charge in [-0.3, -0.25) is 19.7 Å². The Balaban J connectivity index is 1.83. The Labute approximate surface area is 119 Å². The molecule has 0 bridgehead atoms. The fraction of sp³-hybridized carbons (Fsp3) is 0.385. The average molecular weight is 295 g/mol. The Kier molecular flexibility index (Phi) is 4.46. The molecule has 1 aliphatic rings. The molecular formula is C13H14FN3O4. The smallest absolute Gasteiger partial charge is 0.305 e. The van der Waals surface area contributed by atoms with Gasteiger partial charge in [-0.05, 0) is 25.0 Å². The van der Waals surface area contributed by atoms with Crippen LogP contribution in [-0.2, 0) is 4.79 Å². The number of halogens is 1. The van der Waals surface area contributed by atoms with Crippen molar-refractivity contribution in [2.24, 2.45) is 5.92 Å². The maximum absolute atomic E-state index is 13.1. The highest BCUT2D eigenvalue weighted by atomic mass is 19.1. The molecular weight excluding hydrogens is 281 g/mol. The zero-order valence-electron chi connectivity index (χ0n) is 11.1. The molecule has 1 saturated carbocycles. The van der Waals surface area contributed by atoms with Gasteiger partial charge in [0.05, 0.1) is 4.92 Å². The van der Waals surface area contributed by atoms with Crippen LogP contribution in [0.1, 0.15) is 23.2 Å². The van der Waals surface area contributed by atoms with E-state index in [2.05, 4.69) is 10.6 Å². The minimum Gasteiger partial charge on any atom is -0.354 e. The van der Waals surface area contributed by atoms with Crippen LogP contribution < -0.4 is 10.6 Å². The number of carbonyl (C=O) groups excluding carboxylic acids is 2. The zero-order chi connectivity index (χ0) is 15.4. The highest BCUT2D eigenvalue weighted by molar-refractivity contribution is 5.94. The second-order valence-electron chi connectivity index (χ2n) is 4.74. The molecule has 2 amide bonds.